The van der Waals surface area contributed by atoms with Crippen LogP contribution in [-0.4, -0.2) is 22.7 Å². The highest BCUT2D eigenvalue weighted by atomic mass is 79.9. The molecule has 0 aliphatic carbocycles. The van der Waals surface area contributed by atoms with Gasteiger partial charge in [0.2, 0.25) is 0 Å². The zero-order chi connectivity index (χ0) is 13.1. The summed E-state index contributed by atoms with van der Waals surface area (Å²) in [6, 6.07) is 1.63. The summed E-state index contributed by atoms with van der Waals surface area (Å²) in [5.41, 5.74) is 7.40. The summed E-state index contributed by atoms with van der Waals surface area (Å²) in [5.74, 6) is -0.373. The van der Waals surface area contributed by atoms with E-state index in [9.17, 15) is 4.79 Å². The lowest BCUT2D eigenvalue weighted by Gasteiger charge is -2.19. The maximum atomic E-state index is 11.5. The van der Waals surface area contributed by atoms with Gasteiger partial charge in [-0.3, -0.25) is 0 Å². The van der Waals surface area contributed by atoms with Gasteiger partial charge in [0, 0.05) is 10.7 Å². The zero-order valence-electron chi connectivity index (χ0n) is 9.53. The number of aromatic nitrogens is 1. The molecule has 1 heterocycles. The molecule has 0 spiro atoms. The Morgan fingerprint density at radius 1 is 1.71 bits per heavy atom. The van der Waals surface area contributed by atoms with Crippen LogP contribution in [0.4, 0.5) is 11.5 Å². The highest BCUT2D eigenvalue weighted by molar-refractivity contribution is 9.10. The minimum atomic E-state index is -0.971. The van der Waals surface area contributed by atoms with E-state index in [0.717, 1.165) is 0 Å². The summed E-state index contributed by atoms with van der Waals surface area (Å²) in [4.78, 5) is 20.2. The van der Waals surface area contributed by atoms with Gasteiger partial charge in [-0.05, 0) is 35.8 Å². The summed E-state index contributed by atoms with van der Waals surface area (Å²) >= 11 is 3.22. The van der Waals surface area contributed by atoms with E-state index < -0.39 is 11.4 Å². The molecule has 0 aliphatic rings. The van der Waals surface area contributed by atoms with Crippen LogP contribution in [0.3, 0.4) is 0 Å². The number of carbonyl (C=O) groups is 1. The van der Waals surface area contributed by atoms with E-state index in [1.807, 2.05) is 0 Å². The number of nitrogens with two attached hydrogens (primary N) is 1. The van der Waals surface area contributed by atoms with Crippen molar-refractivity contribution in [2.75, 3.05) is 17.8 Å². The average Bonchev–Trinajstić information content (AvgIpc) is 2.29. The highest BCUT2D eigenvalue weighted by Gasteiger charge is 2.29. The lowest BCUT2D eigenvalue weighted by Crippen LogP contribution is -2.31. The number of aliphatic hydroxyl groups excluding tert-OH is 1. The van der Waals surface area contributed by atoms with Crippen LogP contribution in [-0.2, 0) is 9.63 Å². The Hall–Kier alpha value is -1.34. The molecule has 1 aromatic heterocycles. The number of hydrogen-bond donors (Lipinski definition) is 3. The van der Waals surface area contributed by atoms with Crippen molar-refractivity contribution < 1.29 is 14.7 Å². The number of hydrogen-bond acceptors (Lipinski definition) is 6. The number of rotatable bonds is 4. The van der Waals surface area contributed by atoms with Gasteiger partial charge >= 0.3 is 5.97 Å². The fourth-order valence-electron chi connectivity index (χ4n) is 0.836. The molecule has 0 atom stereocenters. The molecule has 0 bridgehead atoms. The van der Waals surface area contributed by atoms with Crippen molar-refractivity contribution in [3.05, 3.63) is 16.7 Å². The van der Waals surface area contributed by atoms with Gasteiger partial charge in [0.25, 0.3) is 0 Å². The minimum Gasteiger partial charge on any atom is -0.395 e. The van der Waals surface area contributed by atoms with Crippen LogP contribution < -0.4 is 11.2 Å². The second-order valence-corrected chi connectivity index (χ2v) is 5.04. The standard InChI is InChI=1S/C10H14BrN3O3/c1-10(2,5-15)9(16)17-14-7-3-6(11)4-13-8(7)12/h3-4,14-15H,5H2,1-2H3,(H2,12,13). The van der Waals surface area contributed by atoms with Gasteiger partial charge in [0.15, 0.2) is 0 Å². The molecule has 7 heteroatoms. The van der Waals surface area contributed by atoms with Crippen molar-refractivity contribution in [3.8, 4) is 0 Å². The maximum absolute atomic E-state index is 11.5. The Bertz CT molecular complexity index is 423. The lowest BCUT2D eigenvalue weighted by atomic mass is 9.96. The van der Waals surface area contributed by atoms with Crippen molar-refractivity contribution in [3.63, 3.8) is 0 Å². The minimum absolute atomic E-state index is 0.211. The number of anilines is 2. The third-order valence-corrected chi connectivity index (χ3v) is 2.52. The molecule has 0 aliphatic heterocycles. The van der Waals surface area contributed by atoms with Crippen LogP contribution in [0.15, 0.2) is 16.7 Å². The lowest BCUT2D eigenvalue weighted by molar-refractivity contribution is -0.152. The van der Waals surface area contributed by atoms with E-state index in [2.05, 4.69) is 26.4 Å². The molecule has 94 valence electrons. The van der Waals surface area contributed by atoms with E-state index in [1.54, 1.807) is 19.9 Å². The third-order valence-electron chi connectivity index (χ3n) is 2.09. The molecule has 17 heavy (non-hydrogen) atoms. The number of carbonyl (C=O) groups excluding carboxylic acids is 1. The van der Waals surface area contributed by atoms with Gasteiger partial charge in [-0.2, -0.15) is 0 Å². The molecule has 0 amide bonds. The predicted octanol–water partition coefficient (Wildman–Crippen LogP) is 1.31. The number of nitrogens with one attached hydrogen (secondary N) is 1. The molecule has 1 rings (SSSR count). The van der Waals surface area contributed by atoms with Crippen molar-refractivity contribution >= 4 is 33.4 Å². The fourth-order valence-corrected chi connectivity index (χ4v) is 1.17. The van der Waals surface area contributed by atoms with Gasteiger partial charge in [-0.1, -0.05) is 0 Å². The SMILES string of the molecule is CC(C)(CO)C(=O)ONc1cc(Br)cnc1N. The van der Waals surface area contributed by atoms with Crippen LogP contribution in [0.25, 0.3) is 0 Å². The molecule has 0 unspecified atom stereocenters. The Balaban J connectivity index is 2.68. The third kappa shape index (κ3) is 3.57. The quantitative estimate of drug-likeness (QED) is 0.726. The molecule has 4 N–H and O–H groups in total. The maximum Gasteiger partial charge on any atom is 0.339 e. The van der Waals surface area contributed by atoms with E-state index in [1.165, 1.54) is 6.20 Å². The van der Waals surface area contributed by atoms with Gasteiger partial charge in [-0.25, -0.2) is 15.3 Å². The van der Waals surface area contributed by atoms with Crippen molar-refractivity contribution in [2.45, 2.75) is 13.8 Å². The second-order valence-electron chi connectivity index (χ2n) is 4.12. The monoisotopic (exact) mass is 303 g/mol. The number of pyridine rings is 1. The van der Waals surface area contributed by atoms with Gasteiger partial charge in [-0.15, -0.1) is 0 Å². The van der Waals surface area contributed by atoms with Crippen LogP contribution in [0.2, 0.25) is 0 Å². The first-order valence-corrected chi connectivity index (χ1v) is 5.65. The molecule has 0 saturated heterocycles. The van der Waals surface area contributed by atoms with E-state index in [0.29, 0.717) is 10.2 Å². The first-order valence-electron chi connectivity index (χ1n) is 4.86. The van der Waals surface area contributed by atoms with E-state index in [-0.39, 0.29) is 12.4 Å². The van der Waals surface area contributed by atoms with Crippen LogP contribution in [0.5, 0.6) is 0 Å². The van der Waals surface area contributed by atoms with Crippen LogP contribution in [0, 0.1) is 5.41 Å². The highest BCUT2D eigenvalue weighted by Crippen LogP contribution is 2.22. The Morgan fingerprint density at radius 2 is 2.35 bits per heavy atom. The Kier molecular flexibility index (Phi) is 4.30. The van der Waals surface area contributed by atoms with Crippen molar-refractivity contribution in [2.24, 2.45) is 5.41 Å². The number of nitrogens with zero attached hydrogens (tertiary/aromatic N) is 1. The molecular weight excluding hydrogens is 290 g/mol. The molecule has 0 aromatic carbocycles. The van der Waals surface area contributed by atoms with E-state index >= 15 is 0 Å². The van der Waals surface area contributed by atoms with Crippen LogP contribution >= 0.6 is 15.9 Å². The van der Waals surface area contributed by atoms with Crippen molar-refractivity contribution in [1.82, 2.24) is 4.98 Å². The topological polar surface area (TPSA) is 97.5 Å². The zero-order valence-corrected chi connectivity index (χ0v) is 11.1. The molecule has 0 radical (unpaired) electrons. The predicted molar refractivity (Wildman–Crippen MR) is 66.9 cm³/mol. The number of nitrogen functional groups attached to an aromatic ring is 1. The molecule has 1 aromatic rings. The van der Waals surface area contributed by atoms with Gasteiger partial charge < -0.3 is 15.7 Å². The smallest absolute Gasteiger partial charge is 0.339 e. The summed E-state index contributed by atoms with van der Waals surface area (Å²) in [7, 11) is 0. The average molecular weight is 304 g/mol. The summed E-state index contributed by atoms with van der Waals surface area (Å²) in [5, 5.41) is 8.99. The second kappa shape index (κ2) is 5.33. The number of aliphatic hydroxyl groups is 1. The Morgan fingerprint density at radius 3 is 2.94 bits per heavy atom. The largest absolute Gasteiger partial charge is 0.395 e. The summed E-state index contributed by atoms with van der Waals surface area (Å²) in [6.45, 7) is 2.83. The van der Waals surface area contributed by atoms with Gasteiger partial charge in [0.1, 0.15) is 11.5 Å². The summed E-state index contributed by atoms with van der Waals surface area (Å²) in [6.07, 6.45) is 1.53. The molecule has 0 fully saturated rings. The van der Waals surface area contributed by atoms with Crippen LogP contribution in [0.1, 0.15) is 13.8 Å². The Labute approximate surface area is 107 Å². The fraction of sp³-hybridized carbons (Fsp3) is 0.400. The number of halogens is 1. The first-order chi connectivity index (χ1) is 7.86. The molecule has 6 nitrogen and oxygen atoms in total. The molecule has 0 saturated carbocycles. The van der Waals surface area contributed by atoms with Crippen molar-refractivity contribution in [1.29, 1.82) is 0 Å². The first kappa shape index (κ1) is 13.7. The normalized spacial score (nSPS) is 11.1. The van der Waals surface area contributed by atoms with Gasteiger partial charge in [0.05, 0.1) is 12.0 Å². The summed E-state index contributed by atoms with van der Waals surface area (Å²) < 4.78 is 0.701. The molecular formula is C10H14BrN3O3. The van der Waals surface area contributed by atoms with E-state index in [4.69, 9.17) is 15.7 Å².